The van der Waals surface area contributed by atoms with Gasteiger partial charge in [0.25, 0.3) is 0 Å². The maximum absolute atomic E-state index is 13.7. The second-order valence-corrected chi connectivity index (χ2v) is 6.02. The van der Waals surface area contributed by atoms with Crippen molar-refractivity contribution in [3.63, 3.8) is 0 Å². The fourth-order valence-electron chi connectivity index (χ4n) is 3.06. The molecule has 1 aliphatic heterocycles. The molecule has 0 bridgehead atoms. The third kappa shape index (κ3) is 3.55. The largest absolute Gasteiger partial charge is 0.352 e. The van der Waals surface area contributed by atoms with E-state index < -0.39 is 11.6 Å². The first-order chi connectivity index (χ1) is 11.6. The smallest absolute Gasteiger partial charge is 0.193 e. The molecule has 3 rings (SSSR count). The summed E-state index contributed by atoms with van der Waals surface area (Å²) in [5.41, 5.74) is 1.51. The van der Waals surface area contributed by atoms with Gasteiger partial charge in [-0.2, -0.15) is 5.10 Å². The lowest BCUT2D eigenvalue weighted by Crippen LogP contribution is -2.39. The molecule has 7 heteroatoms. The number of rotatable bonds is 3. The van der Waals surface area contributed by atoms with Crippen molar-refractivity contribution in [1.29, 1.82) is 0 Å². The van der Waals surface area contributed by atoms with E-state index in [1.54, 1.807) is 11.7 Å². The molecule has 1 unspecified atom stereocenters. The number of guanidine groups is 1. The van der Waals surface area contributed by atoms with Crippen LogP contribution in [0.1, 0.15) is 23.5 Å². The molecule has 1 atom stereocenters. The lowest BCUT2D eigenvalue weighted by atomic mass is 10.0. The molecule has 128 valence electrons. The average Bonchev–Trinajstić information content (AvgIpc) is 3.20. The number of halogens is 2. The van der Waals surface area contributed by atoms with Crippen molar-refractivity contribution >= 4 is 5.96 Å². The highest BCUT2D eigenvalue weighted by Gasteiger charge is 2.26. The summed E-state index contributed by atoms with van der Waals surface area (Å²) in [5.74, 6) is 0.239. The minimum absolute atomic E-state index is 0.199. The number of aryl methyl sites for hydroxylation is 1. The Morgan fingerprint density at radius 3 is 2.96 bits per heavy atom. The highest BCUT2D eigenvalue weighted by atomic mass is 19.1. The number of benzene rings is 1. The van der Waals surface area contributed by atoms with Crippen LogP contribution in [0.15, 0.2) is 35.6 Å². The first-order valence-electron chi connectivity index (χ1n) is 7.95. The van der Waals surface area contributed by atoms with Gasteiger partial charge in [0.2, 0.25) is 0 Å². The lowest BCUT2D eigenvalue weighted by Gasteiger charge is -2.21. The van der Waals surface area contributed by atoms with E-state index in [1.165, 1.54) is 11.6 Å². The van der Waals surface area contributed by atoms with E-state index in [0.29, 0.717) is 17.4 Å². The van der Waals surface area contributed by atoms with E-state index in [4.69, 9.17) is 0 Å². The molecule has 0 spiro atoms. The molecule has 1 N–H and O–H groups in total. The van der Waals surface area contributed by atoms with Crippen LogP contribution in [0.2, 0.25) is 0 Å². The molecule has 1 saturated heterocycles. The van der Waals surface area contributed by atoms with Crippen LogP contribution in [0.3, 0.4) is 0 Å². The van der Waals surface area contributed by atoms with Gasteiger partial charge < -0.3 is 10.2 Å². The molecular weight excluding hydrogens is 312 g/mol. The van der Waals surface area contributed by atoms with Crippen molar-refractivity contribution in [3.8, 4) is 0 Å². The van der Waals surface area contributed by atoms with Gasteiger partial charge in [-0.1, -0.05) is 0 Å². The predicted molar refractivity (Wildman–Crippen MR) is 88.7 cm³/mol. The van der Waals surface area contributed by atoms with Crippen LogP contribution in [-0.4, -0.2) is 40.8 Å². The van der Waals surface area contributed by atoms with Crippen LogP contribution in [0, 0.1) is 11.6 Å². The van der Waals surface area contributed by atoms with Crippen LogP contribution in [0.25, 0.3) is 0 Å². The SMILES string of the molecule is CN=C(NCc1cc(F)ccc1F)N1CCC(c2cnn(C)c2)C1. The quantitative estimate of drug-likeness (QED) is 0.692. The van der Waals surface area contributed by atoms with Gasteiger partial charge in [0.05, 0.1) is 6.20 Å². The number of aliphatic imine (C=N–C) groups is 1. The molecule has 1 aromatic heterocycles. The summed E-state index contributed by atoms with van der Waals surface area (Å²) in [4.78, 5) is 6.40. The van der Waals surface area contributed by atoms with Crippen molar-refractivity contribution in [1.82, 2.24) is 20.0 Å². The Balaban J connectivity index is 1.62. The second kappa shape index (κ2) is 6.98. The summed E-state index contributed by atoms with van der Waals surface area (Å²) in [6.45, 7) is 1.90. The monoisotopic (exact) mass is 333 g/mol. The standard InChI is InChI=1S/C17H21F2N5/c1-20-17(21-8-13-7-15(18)3-4-16(13)19)24-6-5-12(11-24)14-9-22-23(2)10-14/h3-4,7,9-10,12H,5-6,8,11H2,1-2H3,(H,20,21). The molecule has 1 aromatic carbocycles. The average molecular weight is 333 g/mol. The van der Waals surface area contributed by atoms with Crippen molar-refractivity contribution in [2.45, 2.75) is 18.9 Å². The van der Waals surface area contributed by atoms with Crippen LogP contribution in [0.5, 0.6) is 0 Å². The van der Waals surface area contributed by atoms with E-state index in [-0.39, 0.29) is 6.54 Å². The van der Waals surface area contributed by atoms with E-state index in [0.717, 1.165) is 31.6 Å². The van der Waals surface area contributed by atoms with Crippen molar-refractivity contribution < 1.29 is 8.78 Å². The number of nitrogens with zero attached hydrogens (tertiary/aromatic N) is 4. The summed E-state index contributed by atoms with van der Waals surface area (Å²) < 4.78 is 28.8. The summed E-state index contributed by atoms with van der Waals surface area (Å²) >= 11 is 0. The normalized spacial score (nSPS) is 18.2. The topological polar surface area (TPSA) is 45.5 Å². The molecule has 0 saturated carbocycles. The van der Waals surface area contributed by atoms with Crippen LogP contribution >= 0.6 is 0 Å². The van der Waals surface area contributed by atoms with Crippen molar-refractivity contribution in [2.75, 3.05) is 20.1 Å². The molecule has 2 aromatic rings. The van der Waals surface area contributed by atoms with Gasteiger partial charge in [0, 0.05) is 51.4 Å². The number of hydrogen-bond donors (Lipinski definition) is 1. The van der Waals surface area contributed by atoms with E-state index in [1.807, 2.05) is 19.4 Å². The lowest BCUT2D eigenvalue weighted by molar-refractivity contribution is 0.483. The maximum Gasteiger partial charge on any atom is 0.193 e. The molecule has 1 fully saturated rings. The van der Waals surface area contributed by atoms with Gasteiger partial charge in [0.15, 0.2) is 5.96 Å². The molecule has 24 heavy (non-hydrogen) atoms. The van der Waals surface area contributed by atoms with Gasteiger partial charge >= 0.3 is 0 Å². The molecule has 1 aliphatic rings. The van der Waals surface area contributed by atoms with E-state index >= 15 is 0 Å². The van der Waals surface area contributed by atoms with Gasteiger partial charge in [-0.3, -0.25) is 9.67 Å². The Morgan fingerprint density at radius 2 is 2.25 bits per heavy atom. The molecule has 0 aliphatic carbocycles. The zero-order chi connectivity index (χ0) is 17.1. The van der Waals surface area contributed by atoms with E-state index in [2.05, 4.69) is 20.3 Å². The fourth-order valence-corrected chi connectivity index (χ4v) is 3.06. The highest BCUT2D eigenvalue weighted by molar-refractivity contribution is 5.80. The fraction of sp³-hybridized carbons (Fsp3) is 0.412. The summed E-state index contributed by atoms with van der Waals surface area (Å²) in [5, 5.41) is 7.34. The van der Waals surface area contributed by atoms with Crippen LogP contribution in [-0.2, 0) is 13.6 Å². The zero-order valence-corrected chi connectivity index (χ0v) is 13.8. The van der Waals surface area contributed by atoms with Gasteiger partial charge in [0.1, 0.15) is 11.6 Å². The maximum atomic E-state index is 13.7. The summed E-state index contributed by atoms with van der Waals surface area (Å²) in [6.07, 6.45) is 4.94. The molecule has 0 radical (unpaired) electrons. The minimum Gasteiger partial charge on any atom is -0.352 e. The summed E-state index contributed by atoms with van der Waals surface area (Å²) in [6, 6.07) is 3.47. The highest BCUT2D eigenvalue weighted by Crippen LogP contribution is 2.26. The summed E-state index contributed by atoms with van der Waals surface area (Å²) in [7, 11) is 3.60. The number of hydrogen-bond acceptors (Lipinski definition) is 2. The first kappa shape index (κ1) is 16.4. The number of aromatic nitrogens is 2. The van der Waals surface area contributed by atoms with Gasteiger partial charge in [-0.05, 0) is 30.2 Å². The Bertz CT molecular complexity index is 740. The first-order valence-corrected chi connectivity index (χ1v) is 7.95. The van der Waals surface area contributed by atoms with Crippen LogP contribution < -0.4 is 5.32 Å². The minimum atomic E-state index is -0.444. The Labute approximate surface area is 140 Å². The predicted octanol–water partition coefficient (Wildman–Crippen LogP) is 2.26. The number of likely N-dealkylation sites (tertiary alicyclic amines) is 1. The van der Waals surface area contributed by atoms with E-state index in [9.17, 15) is 8.78 Å². The Hall–Kier alpha value is -2.44. The van der Waals surface area contributed by atoms with Crippen molar-refractivity contribution in [2.24, 2.45) is 12.0 Å². The third-order valence-electron chi connectivity index (χ3n) is 4.34. The second-order valence-electron chi connectivity index (χ2n) is 6.02. The Morgan fingerprint density at radius 1 is 1.42 bits per heavy atom. The Kier molecular flexibility index (Phi) is 4.78. The molecule has 0 amide bonds. The van der Waals surface area contributed by atoms with Gasteiger partial charge in [-0.25, -0.2) is 8.78 Å². The molecule has 5 nitrogen and oxygen atoms in total. The molecule has 2 heterocycles. The van der Waals surface area contributed by atoms with Crippen LogP contribution in [0.4, 0.5) is 8.78 Å². The molecular formula is C17H21F2N5. The van der Waals surface area contributed by atoms with Crippen molar-refractivity contribution in [3.05, 3.63) is 53.4 Å². The number of nitrogens with one attached hydrogen (secondary N) is 1. The van der Waals surface area contributed by atoms with Gasteiger partial charge in [-0.15, -0.1) is 0 Å². The third-order valence-corrected chi connectivity index (χ3v) is 4.34. The zero-order valence-electron chi connectivity index (χ0n) is 13.8.